The molecule has 0 spiro atoms. The molecule has 15 heteroatoms. The van der Waals surface area contributed by atoms with E-state index in [2.05, 4.69) is 30.1 Å². The van der Waals surface area contributed by atoms with Crippen LogP contribution in [0, 0.1) is 6.92 Å². The minimum atomic E-state index is -4.06. The van der Waals surface area contributed by atoms with Crippen LogP contribution in [0.5, 0.6) is 5.75 Å². The summed E-state index contributed by atoms with van der Waals surface area (Å²) in [6.07, 6.45) is 4.18. The van der Waals surface area contributed by atoms with Gasteiger partial charge in [-0.25, -0.2) is 14.3 Å². The van der Waals surface area contributed by atoms with E-state index in [-0.39, 0.29) is 24.6 Å². The molecule has 0 bridgehead atoms. The van der Waals surface area contributed by atoms with Crippen molar-refractivity contribution in [2.75, 3.05) is 11.7 Å². The predicted molar refractivity (Wildman–Crippen MR) is 124 cm³/mol. The fourth-order valence-corrected chi connectivity index (χ4v) is 4.69. The lowest BCUT2D eigenvalue weighted by atomic mass is 10.1. The maximum atomic E-state index is 13.6. The molecule has 1 unspecified atom stereocenters. The summed E-state index contributed by atoms with van der Waals surface area (Å²) in [4.78, 5) is 37.0. The largest absolute Gasteiger partial charge is 0.487 e. The van der Waals surface area contributed by atoms with Crippen LogP contribution in [0.4, 0.5) is 5.82 Å². The van der Waals surface area contributed by atoms with Crippen LogP contribution < -0.4 is 20.9 Å². The highest BCUT2D eigenvalue weighted by Crippen LogP contribution is 2.48. The number of hydrogen-bond acceptors (Lipinski definition) is 9. The molecule has 35 heavy (non-hydrogen) atoms. The standard InChI is InChI=1S/C20H21N8O6P/c1-13-11-28(20(30)24-19(13)29)18-9-15(25-27-21)16(33-18)12-32-35(31,26-17-6-2-3-8-23-17)34-14-5-4-7-22-10-14/h2-8,10-11,15-16,18H,9,12H2,1H3,(H,23,26,31)(H,24,29,30)/t15-,16+,18+,35?/m0/s1. The molecule has 0 aromatic carbocycles. The molecule has 0 amide bonds. The van der Waals surface area contributed by atoms with Crippen molar-refractivity contribution >= 4 is 13.6 Å². The highest BCUT2D eigenvalue weighted by atomic mass is 31.2. The Morgan fingerprint density at radius 1 is 1.34 bits per heavy atom. The van der Waals surface area contributed by atoms with Gasteiger partial charge in [-0.3, -0.25) is 28.9 Å². The summed E-state index contributed by atoms with van der Waals surface area (Å²) in [6, 6.07) is 7.38. The monoisotopic (exact) mass is 500 g/mol. The molecule has 3 aromatic rings. The van der Waals surface area contributed by atoms with E-state index in [9.17, 15) is 14.2 Å². The van der Waals surface area contributed by atoms with Crippen LogP contribution in [0.2, 0.25) is 0 Å². The fraction of sp³-hybridized carbons (Fsp3) is 0.300. The Morgan fingerprint density at radius 3 is 2.91 bits per heavy atom. The number of hydrogen-bond donors (Lipinski definition) is 2. The molecule has 1 aliphatic heterocycles. The normalized spacial score (nSPS) is 21.0. The lowest BCUT2D eigenvalue weighted by Gasteiger charge is -2.22. The van der Waals surface area contributed by atoms with E-state index in [1.165, 1.54) is 29.4 Å². The van der Waals surface area contributed by atoms with Gasteiger partial charge in [0.1, 0.15) is 17.8 Å². The van der Waals surface area contributed by atoms with Crippen molar-refractivity contribution in [1.82, 2.24) is 19.5 Å². The highest BCUT2D eigenvalue weighted by Gasteiger charge is 2.39. The van der Waals surface area contributed by atoms with Crippen molar-refractivity contribution in [2.24, 2.45) is 5.11 Å². The minimum Gasteiger partial charge on any atom is -0.407 e. The molecule has 3 aromatic heterocycles. The lowest BCUT2D eigenvalue weighted by molar-refractivity contribution is -0.0234. The van der Waals surface area contributed by atoms with Gasteiger partial charge in [-0.15, -0.1) is 0 Å². The van der Waals surface area contributed by atoms with Crippen molar-refractivity contribution in [3.05, 3.63) is 92.0 Å². The average Bonchev–Trinajstić information content (AvgIpc) is 3.24. The van der Waals surface area contributed by atoms with Crippen LogP contribution in [0.3, 0.4) is 0 Å². The van der Waals surface area contributed by atoms with Crippen LogP contribution in [0.15, 0.2) is 69.8 Å². The zero-order valence-electron chi connectivity index (χ0n) is 18.4. The molecular formula is C20H21N8O6P. The number of anilines is 1. The summed E-state index contributed by atoms with van der Waals surface area (Å²) in [6.45, 7) is 1.24. The number of aryl methyl sites for hydroxylation is 1. The molecule has 1 aliphatic rings. The number of azide groups is 1. The van der Waals surface area contributed by atoms with Gasteiger partial charge in [0, 0.05) is 35.5 Å². The SMILES string of the molecule is Cc1cn([C@H]2C[C@H](N=[N+]=[N-])[C@@H](COP(=O)(Nc3ccccn3)Oc3cccnc3)O2)c(=O)[nH]c1=O. The van der Waals surface area contributed by atoms with Crippen molar-refractivity contribution in [3.8, 4) is 5.75 Å². The van der Waals surface area contributed by atoms with Crippen LogP contribution in [-0.4, -0.2) is 38.3 Å². The van der Waals surface area contributed by atoms with Crippen molar-refractivity contribution in [1.29, 1.82) is 0 Å². The molecule has 1 saturated heterocycles. The average molecular weight is 500 g/mol. The number of nitrogens with one attached hydrogen (secondary N) is 2. The Morgan fingerprint density at radius 2 is 2.20 bits per heavy atom. The second-order valence-corrected chi connectivity index (χ2v) is 9.18. The fourth-order valence-electron chi connectivity index (χ4n) is 3.39. The molecule has 4 rings (SSSR count). The van der Waals surface area contributed by atoms with E-state index in [1.54, 1.807) is 37.3 Å². The molecule has 4 atom stereocenters. The Labute approximate surface area is 198 Å². The maximum absolute atomic E-state index is 13.6. The van der Waals surface area contributed by atoms with Gasteiger partial charge in [-0.1, -0.05) is 11.2 Å². The first-order chi connectivity index (χ1) is 16.9. The molecule has 182 valence electrons. The summed E-state index contributed by atoms with van der Waals surface area (Å²) in [5.41, 5.74) is 8.12. The number of pyridine rings is 2. The van der Waals surface area contributed by atoms with E-state index >= 15 is 0 Å². The van der Waals surface area contributed by atoms with Crippen molar-refractivity contribution in [2.45, 2.75) is 31.7 Å². The third kappa shape index (κ3) is 5.94. The molecule has 0 aliphatic carbocycles. The van der Waals surface area contributed by atoms with E-state index in [0.29, 0.717) is 5.56 Å². The number of rotatable bonds is 9. The van der Waals surface area contributed by atoms with E-state index in [1.807, 2.05) is 0 Å². The Hall–Kier alpha value is -3.96. The zero-order chi connectivity index (χ0) is 24.8. The van der Waals surface area contributed by atoms with Crippen molar-refractivity contribution in [3.63, 3.8) is 0 Å². The predicted octanol–water partition coefficient (Wildman–Crippen LogP) is 2.92. The number of aromatic amines is 1. The zero-order valence-corrected chi connectivity index (χ0v) is 19.3. The van der Waals surface area contributed by atoms with Crippen LogP contribution >= 0.6 is 7.75 Å². The van der Waals surface area contributed by atoms with Gasteiger partial charge in [-0.05, 0) is 36.7 Å². The van der Waals surface area contributed by atoms with E-state index in [0.717, 1.165) is 0 Å². The molecule has 0 saturated carbocycles. The molecule has 14 nitrogen and oxygen atoms in total. The smallest absolute Gasteiger partial charge is 0.407 e. The van der Waals surface area contributed by atoms with Gasteiger partial charge in [0.15, 0.2) is 0 Å². The summed E-state index contributed by atoms with van der Waals surface area (Å²) in [5, 5.41) is 6.39. The first-order valence-electron chi connectivity index (χ1n) is 10.4. The van der Waals surface area contributed by atoms with Gasteiger partial charge in [0.05, 0.1) is 24.9 Å². The number of nitrogens with zero attached hydrogens (tertiary/aromatic N) is 6. The number of H-pyrrole nitrogens is 1. The third-order valence-electron chi connectivity index (χ3n) is 5.05. The van der Waals surface area contributed by atoms with E-state index < -0.39 is 37.4 Å². The van der Waals surface area contributed by atoms with Gasteiger partial charge < -0.3 is 9.26 Å². The minimum absolute atomic E-state index is 0.130. The molecular weight excluding hydrogens is 479 g/mol. The summed E-state index contributed by atoms with van der Waals surface area (Å²) in [7, 11) is -4.06. The Bertz CT molecular complexity index is 1330. The lowest BCUT2D eigenvalue weighted by Crippen LogP contribution is -2.33. The molecule has 4 heterocycles. The second-order valence-electron chi connectivity index (χ2n) is 7.52. The van der Waals surface area contributed by atoms with Gasteiger partial charge in [0.2, 0.25) is 0 Å². The number of ether oxygens (including phenoxy) is 1. The van der Waals surface area contributed by atoms with Crippen LogP contribution in [-0.2, 0) is 13.8 Å². The Balaban J connectivity index is 1.55. The molecule has 2 N–H and O–H groups in total. The first-order valence-corrected chi connectivity index (χ1v) is 12.0. The highest BCUT2D eigenvalue weighted by molar-refractivity contribution is 7.55. The summed E-state index contributed by atoms with van der Waals surface area (Å²) >= 11 is 0. The van der Waals surface area contributed by atoms with Gasteiger partial charge >= 0.3 is 13.4 Å². The van der Waals surface area contributed by atoms with E-state index in [4.69, 9.17) is 19.3 Å². The second kappa shape index (κ2) is 10.5. The maximum Gasteiger partial charge on any atom is 0.487 e. The Kier molecular flexibility index (Phi) is 7.28. The van der Waals surface area contributed by atoms with Crippen LogP contribution in [0.1, 0.15) is 18.2 Å². The topological polar surface area (TPSA) is 186 Å². The van der Waals surface area contributed by atoms with Crippen molar-refractivity contribution < 1.29 is 18.3 Å². The quantitative estimate of drug-likeness (QED) is 0.193. The number of aromatic nitrogens is 4. The summed E-state index contributed by atoms with van der Waals surface area (Å²) < 4.78 is 31.9. The van der Waals surface area contributed by atoms with Gasteiger partial charge in [-0.2, -0.15) is 0 Å². The van der Waals surface area contributed by atoms with Gasteiger partial charge in [0.25, 0.3) is 5.56 Å². The van der Waals surface area contributed by atoms with Crippen LogP contribution in [0.25, 0.3) is 10.4 Å². The molecule has 1 fully saturated rings. The summed E-state index contributed by atoms with van der Waals surface area (Å²) in [5.74, 6) is 0.429. The third-order valence-corrected chi connectivity index (χ3v) is 6.49. The molecule has 0 radical (unpaired) electrons. The first kappa shape index (κ1) is 24.2.